The monoisotopic (exact) mass is 407 g/mol. The van der Waals surface area contributed by atoms with Gasteiger partial charge >= 0.3 is 0 Å². The number of hydrogen-bond donors (Lipinski definition) is 0. The van der Waals surface area contributed by atoms with Crippen LogP contribution in [0, 0.1) is 6.92 Å². The Balaban J connectivity index is 1.43. The molecule has 1 amide bonds. The highest BCUT2D eigenvalue weighted by molar-refractivity contribution is 6.07. The van der Waals surface area contributed by atoms with Crippen molar-refractivity contribution in [3.05, 3.63) is 96.1 Å². The Morgan fingerprint density at radius 3 is 2.23 bits per heavy atom. The van der Waals surface area contributed by atoms with Gasteiger partial charge in [-0.1, -0.05) is 66.2 Å². The minimum atomic E-state index is 0.0827. The number of benzene rings is 3. The SMILES string of the molecule is Cc1ccc(N2CCN(C(=O)c3cc(-c4ccccc4)nc4ccccc34)CC2)cc1. The number of aryl methyl sites for hydroxylation is 1. The molecule has 1 aliphatic heterocycles. The van der Waals surface area contributed by atoms with Crippen LogP contribution in [0.5, 0.6) is 0 Å². The molecule has 1 fully saturated rings. The van der Waals surface area contributed by atoms with Gasteiger partial charge in [0.15, 0.2) is 0 Å². The Kier molecular flexibility index (Phi) is 5.13. The van der Waals surface area contributed by atoms with Crippen LogP contribution < -0.4 is 4.90 Å². The maximum atomic E-state index is 13.6. The number of carbonyl (C=O) groups excluding carboxylic acids is 1. The third-order valence-electron chi connectivity index (χ3n) is 5.98. The number of carbonyl (C=O) groups is 1. The van der Waals surface area contributed by atoms with Crippen LogP contribution in [-0.4, -0.2) is 42.0 Å². The van der Waals surface area contributed by atoms with Crippen molar-refractivity contribution >= 4 is 22.5 Å². The molecule has 4 nitrogen and oxygen atoms in total. The first-order valence-electron chi connectivity index (χ1n) is 10.8. The van der Waals surface area contributed by atoms with Gasteiger partial charge in [0.05, 0.1) is 16.8 Å². The van der Waals surface area contributed by atoms with Crippen molar-refractivity contribution in [3.63, 3.8) is 0 Å². The minimum Gasteiger partial charge on any atom is -0.368 e. The van der Waals surface area contributed by atoms with Gasteiger partial charge in [0.2, 0.25) is 0 Å². The van der Waals surface area contributed by atoms with E-state index in [9.17, 15) is 4.79 Å². The summed E-state index contributed by atoms with van der Waals surface area (Å²) in [5.41, 5.74) is 5.92. The summed E-state index contributed by atoms with van der Waals surface area (Å²) in [6.07, 6.45) is 0. The molecule has 0 radical (unpaired) electrons. The number of fused-ring (bicyclic) bond motifs is 1. The topological polar surface area (TPSA) is 36.4 Å². The third-order valence-corrected chi connectivity index (χ3v) is 5.98. The summed E-state index contributed by atoms with van der Waals surface area (Å²) < 4.78 is 0. The summed E-state index contributed by atoms with van der Waals surface area (Å²) >= 11 is 0. The molecule has 0 spiro atoms. The second kappa shape index (κ2) is 8.23. The van der Waals surface area contributed by atoms with Gasteiger partial charge in [-0.15, -0.1) is 0 Å². The van der Waals surface area contributed by atoms with Gasteiger partial charge in [0.25, 0.3) is 5.91 Å². The van der Waals surface area contributed by atoms with E-state index in [0.29, 0.717) is 13.1 Å². The number of pyridine rings is 1. The molecular formula is C27H25N3O. The summed E-state index contributed by atoms with van der Waals surface area (Å²) in [4.78, 5) is 22.7. The van der Waals surface area contributed by atoms with E-state index < -0.39 is 0 Å². The molecule has 0 N–H and O–H groups in total. The molecule has 2 heterocycles. The molecular weight excluding hydrogens is 382 g/mol. The minimum absolute atomic E-state index is 0.0827. The van der Waals surface area contributed by atoms with Gasteiger partial charge < -0.3 is 9.80 Å². The van der Waals surface area contributed by atoms with Crippen molar-refractivity contribution in [2.24, 2.45) is 0 Å². The molecule has 4 aromatic rings. The Morgan fingerprint density at radius 1 is 0.806 bits per heavy atom. The lowest BCUT2D eigenvalue weighted by molar-refractivity contribution is 0.0748. The van der Waals surface area contributed by atoms with E-state index in [-0.39, 0.29) is 5.91 Å². The van der Waals surface area contributed by atoms with E-state index in [1.165, 1.54) is 11.3 Å². The number of amides is 1. The fraction of sp³-hybridized carbons (Fsp3) is 0.185. The highest BCUT2D eigenvalue weighted by Gasteiger charge is 2.24. The van der Waals surface area contributed by atoms with E-state index in [1.807, 2.05) is 65.6 Å². The maximum absolute atomic E-state index is 13.6. The van der Waals surface area contributed by atoms with E-state index in [2.05, 4.69) is 36.1 Å². The first-order chi connectivity index (χ1) is 15.2. The average Bonchev–Trinajstić information content (AvgIpc) is 2.84. The summed E-state index contributed by atoms with van der Waals surface area (Å²) in [6, 6.07) is 28.5. The van der Waals surface area contributed by atoms with E-state index in [4.69, 9.17) is 4.98 Å². The second-order valence-electron chi connectivity index (χ2n) is 8.05. The number of para-hydroxylation sites is 1. The Bertz CT molecular complexity index is 1210. The average molecular weight is 408 g/mol. The summed E-state index contributed by atoms with van der Waals surface area (Å²) in [6.45, 7) is 5.20. The van der Waals surface area contributed by atoms with Gasteiger partial charge in [-0.05, 0) is 31.2 Å². The Hall–Kier alpha value is -3.66. The van der Waals surface area contributed by atoms with Crippen LogP contribution in [0.1, 0.15) is 15.9 Å². The largest absolute Gasteiger partial charge is 0.368 e. The van der Waals surface area contributed by atoms with Crippen LogP contribution in [0.4, 0.5) is 5.69 Å². The molecule has 1 saturated heterocycles. The molecule has 154 valence electrons. The lowest BCUT2D eigenvalue weighted by atomic mass is 10.0. The van der Waals surface area contributed by atoms with Gasteiger partial charge in [0.1, 0.15) is 0 Å². The quantitative estimate of drug-likeness (QED) is 0.470. The summed E-state index contributed by atoms with van der Waals surface area (Å²) in [5.74, 6) is 0.0827. The summed E-state index contributed by atoms with van der Waals surface area (Å²) in [5, 5.41) is 0.910. The van der Waals surface area contributed by atoms with Crippen LogP contribution >= 0.6 is 0 Å². The highest BCUT2D eigenvalue weighted by Crippen LogP contribution is 2.26. The Morgan fingerprint density at radius 2 is 1.48 bits per heavy atom. The number of piperazine rings is 1. The van der Waals surface area contributed by atoms with Gasteiger partial charge in [-0.3, -0.25) is 4.79 Å². The zero-order chi connectivity index (χ0) is 21.2. The number of anilines is 1. The molecule has 31 heavy (non-hydrogen) atoms. The van der Waals surface area contributed by atoms with Crippen molar-refractivity contribution in [3.8, 4) is 11.3 Å². The fourth-order valence-corrected chi connectivity index (χ4v) is 4.20. The lowest BCUT2D eigenvalue weighted by Crippen LogP contribution is -2.48. The predicted octanol–water partition coefficient (Wildman–Crippen LogP) is 5.17. The normalized spacial score (nSPS) is 14.1. The first-order valence-corrected chi connectivity index (χ1v) is 10.8. The van der Waals surface area contributed by atoms with Crippen molar-refractivity contribution in [2.75, 3.05) is 31.1 Å². The van der Waals surface area contributed by atoms with Crippen molar-refractivity contribution < 1.29 is 4.79 Å². The molecule has 0 unspecified atom stereocenters. The van der Waals surface area contributed by atoms with E-state index >= 15 is 0 Å². The van der Waals surface area contributed by atoms with Gasteiger partial charge in [0, 0.05) is 42.8 Å². The molecule has 3 aromatic carbocycles. The molecule has 1 aliphatic rings. The van der Waals surface area contributed by atoms with Crippen molar-refractivity contribution in [1.29, 1.82) is 0 Å². The first kappa shape index (κ1) is 19.3. The van der Waals surface area contributed by atoms with Gasteiger partial charge in [-0.2, -0.15) is 0 Å². The standard InChI is InChI=1S/C27H25N3O/c1-20-11-13-22(14-12-20)29-15-17-30(18-16-29)27(31)24-19-26(21-7-3-2-4-8-21)28-25-10-6-5-9-23(24)25/h2-14,19H,15-18H2,1H3. The zero-order valence-electron chi connectivity index (χ0n) is 17.7. The van der Waals surface area contributed by atoms with Gasteiger partial charge in [-0.25, -0.2) is 4.98 Å². The second-order valence-corrected chi connectivity index (χ2v) is 8.05. The van der Waals surface area contributed by atoms with Crippen LogP contribution in [0.15, 0.2) is 84.9 Å². The molecule has 0 bridgehead atoms. The van der Waals surface area contributed by atoms with Crippen LogP contribution in [0.2, 0.25) is 0 Å². The fourth-order valence-electron chi connectivity index (χ4n) is 4.20. The molecule has 0 atom stereocenters. The molecule has 4 heteroatoms. The highest BCUT2D eigenvalue weighted by atomic mass is 16.2. The smallest absolute Gasteiger partial charge is 0.254 e. The van der Waals surface area contributed by atoms with Crippen molar-refractivity contribution in [1.82, 2.24) is 9.88 Å². The Labute approximate surface area is 182 Å². The number of aromatic nitrogens is 1. The number of nitrogens with zero attached hydrogens (tertiary/aromatic N) is 3. The zero-order valence-corrected chi connectivity index (χ0v) is 17.7. The number of hydrogen-bond acceptors (Lipinski definition) is 3. The molecule has 0 saturated carbocycles. The van der Waals surface area contributed by atoms with E-state index in [1.54, 1.807) is 0 Å². The van der Waals surface area contributed by atoms with Crippen LogP contribution in [0.25, 0.3) is 22.2 Å². The molecule has 1 aromatic heterocycles. The predicted molar refractivity (Wildman–Crippen MR) is 126 cm³/mol. The lowest BCUT2D eigenvalue weighted by Gasteiger charge is -2.36. The van der Waals surface area contributed by atoms with Crippen LogP contribution in [-0.2, 0) is 0 Å². The maximum Gasteiger partial charge on any atom is 0.254 e. The van der Waals surface area contributed by atoms with Crippen LogP contribution in [0.3, 0.4) is 0 Å². The van der Waals surface area contributed by atoms with Crippen molar-refractivity contribution in [2.45, 2.75) is 6.92 Å². The van der Waals surface area contributed by atoms with E-state index in [0.717, 1.165) is 40.8 Å². The molecule has 0 aliphatic carbocycles. The molecule has 5 rings (SSSR count). The summed E-state index contributed by atoms with van der Waals surface area (Å²) in [7, 11) is 0. The third kappa shape index (κ3) is 3.89. The number of rotatable bonds is 3.